The molecule has 0 unspecified atom stereocenters. The zero-order chi connectivity index (χ0) is 14.1. The molecule has 3 nitrogen and oxygen atoms in total. The average Bonchev–Trinajstić information content (AvgIpc) is 3.24. The van der Waals surface area contributed by atoms with E-state index in [-0.39, 0.29) is 0 Å². The predicted octanol–water partition coefficient (Wildman–Crippen LogP) is 2.93. The van der Waals surface area contributed by atoms with Crippen LogP contribution in [0.3, 0.4) is 0 Å². The van der Waals surface area contributed by atoms with Crippen molar-refractivity contribution in [3.05, 3.63) is 28.8 Å². The number of benzene rings is 1. The van der Waals surface area contributed by atoms with Gasteiger partial charge in [0.1, 0.15) is 0 Å². The minimum absolute atomic E-state index is 0.461. The number of rotatable bonds is 4. The molecule has 0 radical (unpaired) electrons. The van der Waals surface area contributed by atoms with E-state index in [0.29, 0.717) is 0 Å². The lowest BCUT2D eigenvalue weighted by molar-refractivity contribution is 0.199. The van der Waals surface area contributed by atoms with E-state index in [4.69, 9.17) is 11.6 Å². The molecule has 0 aromatic heterocycles. The molecule has 1 aliphatic carbocycles. The second kappa shape index (κ2) is 5.92. The van der Waals surface area contributed by atoms with E-state index in [1.165, 1.54) is 19.4 Å². The SMILES string of the molecule is C[C@H](O)c1ccc(N2CCN(CC3CC3)CC2)c(Cl)c1. The molecule has 0 amide bonds. The molecule has 1 heterocycles. The third kappa shape index (κ3) is 3.27. The highest BCUT2D eigenvalue weighted by molar-refractivity contribution is 6.33. The van der Waals surface area contributed by atoms with Crippen LogP contribution in [0.2, 0.25) is 5.02 Å². The highest BCUT2D eigenvalue weighted by Crippen LogP contribution is 2.32. The highest BCUT2D eigenvalue weighted by Gasteiger charge is 2.26. The molecule has 20 heavy (non-hydrogen) atoms. The van der Waals surface area contributed by atoms with Crippen molar-refractivity contribution >= 4 is 17.3 Å². The molecular formula is C16H23ClN2O. The highest BCUT2D eigenvalue weighted by atomic mass is 35.5. The summed E-state index contributed by atoms with van der Waals surface area (Å²) < 4.78 is 0. The maximum atomic E-state index is 9.59. The van der Waals surface area contributed by atoms with Crippen molar-refractivity contribution in [3.8, 4) is 0 Å². The van der Waals surface area contributed by atoms with Crippen LogP contribution in [0.15, 0.2) is 18.2 Å². The second-order valence-corrected chi connectivity index (χ2v) is 6.53. The maximum absolute atomic E-state index is 9.59. The molecule has 1 aromatic rings. The fraction of sp³-hybridized carbons (Fsp3) is 0.625. The van der Waals surface area contributed by atoms with E-state index in [2.05, 4.69) is 9.80 Å². The zero-order valence-corrected chi connectivity index (χ0v) is 12.8. The standard InChI is InChI=1S/C16H23ClN2O/c1-12(20)14-4-5-16(15(17)10-14)19-8-6-18(7-9-19)11-13-2-3-13/h4-5,10,12-13,20H,2-3,6-9,11H2,1H3/t12-/m0/s1. The summed E-state index contributed by atoms with van der Waals surface area (Å²) in [6.07, 6.45) is 2.39. The van der Waals surface area contributed by atoms with Crippen LogP contribution in [0.25, 0.3) is 0 Å². The van der Waals surface area contributed by atoms with E-state index in [1.807, 2.05) is 18.2 Å². The molecule has 110 valence electrons. The fourth-order valence-electron chi connectivity index (χ4n) is 2.88. The van der Waals surface area contributed by atoms with E-state index in [9.17, 15) is 5.11 Å². The molecule has 1 saturated carbocycles. The molecule has 2 fully saturated rings. The van der Waals surface area contributed by atoms with Crippen molar-refractivity contribution in [2.45, 2.75) is 25.9 Å². The summed E-state index contributed by atoms with van der Waals surface area (Å²) in [4.78, 5) is 4.93. The van der Waals surface area contributed by atoms with Gasteiger partial charge < -0.3 is 10.0 Å². The lowest BCUT2D eigenvalue weighted by Crippen LogP contribution is -2.47. The Kier molecular flexibility index (Phi) is 4.20. The van der Waals surface area contributed by atoms with Crippen LogP contribution in [0.4, 0.5) is 5.69 Å². The number of aliphatic hydroxyl groups is 1. The minimum Gasteiger partial charge on any atom is -0.389 e. The van der Waals surface area contributed by atoms with Gasteiger partial charge in [-0.3, -0.25) is 4.90 Å². The van der Waals surface area contributed by atoms with Gasteiger partial charge in [-0.1, -0.05) is 17.7 Å². The van der Waals surface area contributed by atoms with Crippen LogP contribution in [0.1, 0.15) is 31.4 Å². The van der Waals surface area contributed by atoms with Gasteiger partial charge in [-0.2, -0.15) is 0 Å². The van der Waals surface area contributed by atoms with Gasteiger partial charge >= 0.3 is 0 Å². The fourth-order valence-corrected chi connectivity index (χ4v) is 3.18. The van der Waals surface area contributed by atoms with Crippen LogP contribution in [-0.2, 0) is 0 Å². The van der Waals surface area contributed by atoms with E-state index in [1.54, 1.807) is 6.92 Å². The summed E-state index contributed by atoms with van der Waals surface area (Å²) in [5.41, 5.74) is 1.98. The monoisotopic (exact) mass is 294 g/mol. The molecule has 2 aliphatic rings. The average molecular weight is 295 g/mol. The van der Waals surface area contributed by atoms with Gasteiger partial charge in [0.25, 0.3) is 0 Å². The number of piperazine rings is 1. The Bertz CT molecular complexity index is 466. The van der Waals surface area contributed by atoms with Gasteiger partial charge in [-0.05, 0) is 43.4 Å². The molecular weight excluding hydrogens is 272 g/mol. The number of hydrogen-bond donors (Lipinski definition) is 1. The van der Waals surface area contributed by atoms with Gasteiger partial charge in [0.05, 0.1) is 16.8 Å². The summed E-state index contributed by atoms with van der Waals surface area (Å²) >= 11 is 6.37. The summed E-state index contributed by atoms with van der Waals surface area (Å²) in [6.45, 7) is 7.39. The van der Waals surface area contributed by atoms with Crippen LogP contribution in [0.5, 0.6) is 0 Å². The first kappa shape index (κ1) is 14.2. The smallest absolute Gasteiger partial charge is 0.0762 e. The molecule has 1 aliphatic heterocycles. The first-order chi connectivity index (χ1) is 9.63. The topological polar surface area (TPSA) is 26.7 Å². The Morgan fingerprint density at radius 1 is 1.25 bits per heavy atom. The van der Waals surface area contributed by atoms with Crippen molar-refractivity contribution in [2.24, 2.45) is 5.92 Å². The first-order valence-electron chi connectivity index (χ1n) is 7.58. The maximum Gasteiger partial charge on any atom is 0.0762 e. The number of nitrogens with zero attached hydrogens (tertiary/aromatic N) is 2. The minimum atomic E-state index is -0.461. The van der Waals surface area contributed by atoms with Crippen LogP contribution < -0.4 is 4.90 Å². The van der Waals surface area contributed by atoms with Gasteiger partial charge in [-0.15, -0.1) is 0 Å². The largest absolute Gasteiger partial charge is 0.389 e. The molecule has 3 rings (SSSR count). The van der Waals surface area contributed by atoms with E-state index in [0.717, 1.165) is 48.4 Å². The number of hydrogen-bond acceptors (Lipinski definition) is 3. The molecule has 0 bridgehead atoms. The Hall–Kier alpha value is -0.770. The number of halogens is 1. The van der Waals surface area contributed by atoms with Gasteiger partial charge in [-0.25, -0.2) is 0 Å². The summed E-state index contributed by atoms with van der Waals surface area (Å²) in [7, 11) is 0. The molecule has 1 N–H and O–H groups in total. The number of aliphatic hydroxyl groups excluding tert-OH is 1. The number of anilines is 1. The first-order valence-corrected chi connectivity index (χ1v) is 7.96. The Morgan fingerprint density at radius 2 is 1.95 bits per heavy atom. The third-order valence-electron chi connectivity index (χ3n) is 4.38. The van der Waals surface area contributed by atoms with Gasteiger partial charge in [0.15, 0.2) is 0 Å². The van der Waals surface area contributed by atoms with Crippen molar-refractivity contribution in [3.63, 3.8) is 0 Å². The quantitative estimate of drug-likeness (QED) is 0.925. The Morgan fingerprint density at radius 3 is 2.50 bits per heavy atom. The summed E-state index contributed by atoms with van der Waals surface area (Å²) in [5, 5.41) is 10.3. The van der Waals surface area contributed by atoms with Crippen molar-refractivity contribution < 1.29 is 5.11 Å². The van der Waals surface area contributed by atoms with Crippen LogP contribution in [0, 0.1) is 5.92 Å². The van der Waals surface area contributed by atoms with Crippen molar-refractivity contribution in [2.75, 3.05) is 37.6 Å². The van der Waals surface area contributed by atoms with Crippen molar-refractivity contribution in [1.82, 2.24) is 4.90 Å². The molecule has 1 aromatic carbocycles. The summed E-state index contributed by atoms with van der Waals surface area (Å²) in [5.74, 6) is 0.968. The molecule has 1 atom stereocenters. The van der Waals surface area contributed by atoms with Crippen LogP contribution >= 0.6 is 11.6 Å². The molecule has 0 spiro atoms. The molecule has 4 heteroatoms. The van der Waals surface area contributed by atoms with E-state index >= 15 is 0 Å². The Balaban J connectivity index is 1.62. The third-order valence-corrected chi connectivity index (χ3v) is 4.68. The Labute approximate surface area is 126 Å². The second-order valence-electron chi connectivity index (χ2n) is 6.12. The normalized spacial score (nSPS) is 22.1. The predicted molar refractivity (Wildman–Crippen MR) is 83.5 cm³/mol. The van der Waals surface area contributed by atoms with Crippen molar-refractivity contribution in [1.29, 1.82) is 0 Å². The van der Waals surface area contributed by atoms with Gasteiger partial charge in [0, 0.05) is 32.7 Å². The lowest BCUT2D eigenvalue weighted by Gasteiger charge is -2.36. The molecule has 1 saturated heterocycles. The zero-order valence-electron chi connectivity index (χ0n) is 12.1. The van der Waals surface area contributed by atoms with E-state index < -0.39 is 6.10 Å². The summed E-state index contributed by atoms with van der Waals surface area (Å²) in [6, 6.07) is 5.90. The lowest BCUT2D eigenvalue weighted by atomic mass is 10.1. The van der Waals surface area contributed by atoms with Crippen LogP contribution in [-0.4, -0.2) is 42.7 Å². The van der Waals surface area contributed by atoms with Gasteiger partial charge in [0.2, 0.25) is 0 Å².